The fraction of sp³-hybridized carbons (Fsp3) is 0.300. The molecule has 0 atom stereocenters. The van der Waals surface area contributed by atoms with Gasteiger partial charge in [-0.15, -0.1) is 0 Å². The quantitative estimate of drug-likeness (QED) is 0.807. The van der Waals surface area contributed by atoms with Crippen molar-refractivity contribution >= 4 is 5.82 Å². The van der Waals surface area contributed by atoms with Crippen molar-refractivity contribution in [1.82, 2.24) is 19.7 Å². The largest absolute Gasteiger partial charge is 0.481 e. The van der Waals surface area contributed by atoms with Gasteiger partial charge in [0.25, 0.3) is 0 Å². The molecule has 2 heterocycles. The van der Waals surface area contributed by atoms with Crippen LogP contribution in [-0.2, 0) is 7.05 Å². The van der Waals surface area contributed by atoms with Crippen molar-refractivity contribution in [2.75, 3.05) is 12.8 Å². The van der Waals surface area contributed by atoms with Gasteiger partial charge in [-0.2, -0.15) is 5.10 Å². The van der Waals surface area contributed by atoms with Crippen LogP contribution in [0.1, 0.15) is 5.69 Å². The molecule has 0 amide bonds. The van der Waals surface area contributed by atoms with Gasteiger partial charge in [-0.25, -0.2) is 9.67 Å². The molecule has 0 unspecified atom stereocenters. The van der Waals surface area contributed by atoms with Gasteiger partial charge in [0.15, 0.2) is 0 Å². The average Bonchev–Trinajstić information content (AvgIpc) is 2.54. The van der Waals surface area contributed by atoms with E-state index < -0.39 is 0 Å². The second-order valence-corrected chi connectivity index (χ2v) is 3.38. The molecular weight excluding hydrogens is 206 g/mol. The van der Waals surface area contributed by atoms with Crippen LogP contribution in [0.25, 0.3) is 11.3 Å². The summed E-state index contributed by atoms with van der Waals surface area (Å²) in [6, 6.07) is 0. The van der Waals surface area contributed by atoms with Gasteiger partial charge in [0.1, 0.15) is 11.5 Å². The molecule has 16 heavy (non-hydrogen) atoms. The van der Waals surface area contributed by atoms with Gasteiger partial charge in [0.05, 0.1) is 18.4 Å². The zero-order valence-corrected chi connectivity index (χ0v) is 9.43. The Morgan fingerprint density at radius 1 is 1.31 bits per heavy atom. The first-order valence-electron chi connectivity index (χ1n) is 4.79. The van der Waals surface area contributed by atoms with Crippen LogP contribution in [0.3, 0.4) is 0 Å². The molecule has 0 fully saturated rings. The summed E-state index contributed by atoms with van der Waals surface area (Å²) in [6.07, 6.45) is 3.15. The molecule has 0 aliphatic heterocycles. The van der Waals surface area contributed by atoms with Crippen molar-refractivity contribution in [3.05, 3.63) is 18.1 Å². The maximum Gasteiger partial charge on any atom is 0.221 e. The van der Waals surface area contributed by atoms with Crippen molar-refractivity contribution in [2.24, 2.45) is 7.05 Å². The Labute approximate surface area is 93.1 Å². The van der Waals surface area contributed by atoms with Gasteiger partial charge in [0.2, 0.25) is 5.88 Å². The van der Waals surface area contributed by atoms with Crippen LogP contribution in [0.4, 0.5) is 5.82 Å². The number of nitrogens with zero attached hydrogens (tertiary/aromatic N) is 4. The lowest BCUT2D eigenvalue weighted by molar-refractivity contribution is 0.374. The van der Waals surface area contributed by atoms with Gasteiger partial charge >= 0.3 is 0 Å². The first-order chi connectivity index (χ1) is 7.65. The number of nitrogens with two attached hydrogens (primary N) is 1. The zero-order chi connectivity index (χ0) is 11.7. The number of aromatic nitrogens is 4. The molecule has 0 aromatic carbocycles. The molecule has 0 spiro atoms. The summed E-state index contributed by atoms with van der Waals surface area (Å²) >= 11 is 0. The Kier molecular flexibility index (Phi) is 2.47. The van der Waals surface area contributed by atoms with Gasteiger partial charge < -0.3 is 10.5 Å². The minimum Gasteiger partial charge on any atom is -0.481 e. The number of aryl methyl sites for hydroxylation is 2. The molecule has 2 N–H and O–H groups in total. The second-order valence-electron chi connectivity index (χ2n) is 3.38. The Hall–Kier alpha value is -2.11. The Balaban J connectivity index is 2.69. The molecular formula is C10H13N5O. The maximum absolute atomic E-state index is 5.79. The summed E-state index contributed by atoms with van der Waals surface area (Å²) in [6.45, 7) is 1.88. The molecule has 0 aliphatic rings. The monoisotopic (exact) mass is 219 g/mol. The maximum atomic E-state index is 5.79. The lowest BCUT2D eigenvalue weighted by Crippen LogP contribution is -1.99. The molecule has 6 nitrogen and oxygen atoms in total. The van der Waals surface area contributed by atoms with E-state index in [1.54, 1.807) is 24.2 Å². The van der Waals surface area contributed by atoms with Gasteiger partial charge in [-0.3, -0.25) is 4.98 Å². The highest BCUT2D eigenvalue weighted by Gasteiger charge is 2.19. The number of methoxy groups -OCH3 is 1. The number of nitrogen functional groups attached to an aromatic ring is 1. The minimum absolute atomic E-state index is 0.372. The summed E-state index contributed by atoms with van der Waals surface area (Å²) < 4.78 is 6.94. The van der Waals surface area contributed by atoms with Crippen LogP contribution in [0.2, 0.25) is 0 Å². The van der Waals surface area contributed by atoms with Crippen LogP contribution in [0.5, 0.6) is 5.88 Å². The summed E-state index contributed by atoms with van der Waals surface area (Å²) in [5.74, 6) is 1.00. The molecule has 2 aromatic heterocycles. The highest BCUT2D eigenvalue weighted by Crippen LogP contribution is 2.33. The highest BCUT2D eigenvalue weighted by atomic mass is 16.5. The van der Waals surface area contributed by atoms with Gasteiger partial charge in [-0.05, 0) is 6.92 Å². The van der Waals surface area contributed by atoms with Crippen molar-refractivity contribution in [3.63, 3.8) is 0 Å². The van der Waals surface area contributed by atoms with Crippen LogP contribution in [-0.4, -0.2) is 26.9 Å². The summed E-state index contributed by atoms with van der Waals surface area (Å²) in [5, 5.41) is 4.27. The Morgan fingerprint density at radius 3 is 2.62 bits per heavy atom. The van der Waals surface area contributed by atoms with Crippen molar-refractivity contribution in [3.8, 4) is 17.1 Å². The molecule has 0 radical (unpaired) electrons. The number of anilines is 1. The number of hydrogen-bond donors (Lipinski definition) is 1. The van der Waals surface area contributed by atoms with Gasteiger partial charge in [-0.1, -0.05) is 0 Å². The third-order valence-electron chi connectivity index (χ3n) is 2.33. The number of hydrogen-bond acceptors (Lipinski definition) is 5. The van der Waals surface area contributed by atoms with E-state index in [-0.39, 0.29) is 0 Å². The van der Waals surface area contributed by atoms with Gasteiger partial charge in [0, 0.05) is 19.4 Å². The fourth-order valence-electron chi connectivity index (χ4n) is 1.69. The minimum atomic E-state index is 0.372. The van der Waals surface area contributed by atoms with Crippen molar-refractivity contribution < 1.29 is 4.74 Å². The number of rotatable bonds is 2. The SMILES string of the molecule is COc1c(-c2nccnc2N)c(C)nn1C. The van der Waals surface area contributed by atoms with E-state index in [1.807, 2.05) is 14.0 Å². The lowest BCUT2D eigenvalue weighted by atomic mass is 10.2. The standard InChI is InChI=1S/C10H13N5O/c1-6-7(10(16-3)15(2)14-6)8-9(11)13-5-4-12-8/h4-5H,1-3H3,(H2,11,13). The van der Waals surface area contributed by atoms with E-state index in [0.717, 1.165) is 11.3 Å². The predicted molar refractivity (Wildman–Crippen MR) is 59.9 cm³/mol. The first kappa shape index (κ1) is 10.4. The van der Waals surface area contributed by atoms with Crippen molar-refractivity contribution in [1.29, 1.82) is 0 Å². The zero-order valence-electron chi connectivity index (χ0n) is 9.43. The van der Waals surface area contributed by atoms with Crippen LogP contribution in [0, 0.1) is 6.92 Å². The van der Waals surface area contributed by atoms with Crippen LogP contribution < -0.4 is 10.5 Å². The van der Waals surface area contributed by atoms with E-state index in [0.29, 0.717) is 17.4 Å². The summed E-state index contributed by atoms with van der Waals surface area (Å²) in [5.41, 5.74) is 7.99. The summed E-state index contributed by atoms with van der Waals surface area (Å²) in [7, 11) is 3.40. The summed E-state index contributed by atoms with van der Waals surface area (Å²) in [4.78, 5) is 8.21. The molecule has 2 aromatic rings. The average molecular weight is 219 g/mol. The van der Waals surface area contributed by atoms with E-state index >= 15 is 0 Å². The topological polar surface area (TPSA) is 78.8 Å². The highest BCUT2D eigenvalue weighted by molar-refractivity contribution is 5.75. The normalized spacial score (nSPS) is 10.4. The molecule has 6 heteroatoms. The predicted octanol–water partition coefficient (Wildman–Crippen LogP) is 0.776. The third-order valence-corrected chi connectivity index (χ3v) is 2.33. The molecule has 0 saturated carbocycles. The molecule has 0 bridgehead atoms. The second kappa shape index (κ2) is 3.80. The van der Waals surface area contributed by atoms with E-state index in [1.165, 1.54) is 0 Å². The van der Waals surface area contributed by atoms with Crippen molar-refractivity contribution in [2.45, 2.75) is 6.92 Å². The van der Waals surface area contributed by atoms with Crippen LogP contribution in [0.15, 0.2) is 12.4 Å². The molecule has 0 saturated heterocycles. The lowest BCUT2D eigenvalue weighted by Gasteiger charge is -2.05. The van der Waals surface area contributed by atoms with E-state index in [4.69, 9.17) is 10.5 Å². The van der Waals surface area contributed by atoms with E-state index in [2.05, 4.69) is 15.1 Å². The third kappa shape index (κ3) is 1.48. The molecule has 0 aliphatic carbocycles. The van der Waals surface area contributed by atoms with E-state index in [9.17, 15) is 0 Å². The Bertz CT molecular complexity index is 520. The number of ether oxygens (including phenoxy) is 1. The molecule has 2 rings (SSSR count). The van der Waals surface area contributed by atoms with Crippen LogP contribution >= 0.6 is 0 Å². The smallest absolute Gasteiger partial charge is 0.221 e. The first-order valence-corrected chi connectivity index (χ1v) is 4.79. The molecule has 84 valence electrons. The Morgan fingerprint density at radius 2 is 2.00 bits per heavy atom. The fourth-order valence-corrected chi connectivity index (χ4v) is 1.69.